The highest BCUT2D eigenvalue weighted by Crippen LogP contribution is 2.30. The molecule has 2 heteroatoms. The first-order valence-corrected chi connectivity index (χ1v) is 7.54. The molecule has 0 aromatic carbocycles. The van der Waals surface area contributed by atoms with Crippen LogP contribution in [-0.4, -0.2) is 5.71 Å². The normalized spacial score (nSPS) is 18.8. The second kappa shape index (κ2) is 9.55. The Balaban J connectivity index is 2.61. The van der Waals surface area contributed by atoms with Gasteiger partial charge in [0.05, 0.1) is 12.5 Å². The lowest BCUT2D eigenvalue weighted by Crippen LogP contribution is -2.09. The Bertz CT molecular complexity index is 377. The minimum absolute atomic E-state index is 0.494. The number of aliphatic imine (C=N–C) groups is 1. The molecule has 1 aliphatic rings. The van der Waals surface area contributed by atoms with Gasteiger partial charge in [-0.15, -0.1) is 0 Å². The first-order valence-electron chi connectivity index (χ1n) is 7.54. The Morgan fingerprint density at radius 3 is 2.63 bits per heavy atom. The molecule has 1 fully saturated rings. The quantitative estimate of drug-likeness (QED) is 0.477. The molecule has 0 spiro atoms. The van der Waals surface area contributed by atoms with Crippen molar-refractivity contribution in [1.82, 2.24) is 0 Å². The van der Waals surface area contributed by atoms with Crippen molar-refractivity contribution in [3.63, 3.8) is 0 Å². The molecule has 104 valence electrons. The molecule has 0 aliphatic heterocycles. The number of nitrogens with zero attached hydrogens (tertiary/aromatic N) is 2. The molecule has 2 nitrogen and oxygen atoms in total. The second-order valence-electron chi connectivity index (χ2n) is 5.26. The standard InChI is InChI=1S/C17H26N2/c1-3-10-17(16-12-7-4-8-13-16)19-15(2)11-6-5-9-14-18/h5-6,10,16H,3-4,7-9,11-13H2,1-2H3/b6-5?,17-10-,19-15?. The summed E-state index contributed by atoms with van der Waals surface area (Å²) in [7, 11) is 0. The fourth-order valence-corrected chi connectivity index (χ4v) is 2.57. The van der Waals surface area contributed by atoms with E-state index in [1.165, 1.54) is 37.8 Å². The van der Waals surface area contributed by atoms with Crippen LogP contribution in [0.15, 0.2) is 28.9 Å². The summed E-state index contributed by atoms with van der Waals surface area (Å²) in [5.74, 6) is 0.673. The van der Waals surface area contributed by atoms with Crippen LogP contribution < -0.4 is 0 Å². The maximum atomic E-state index is 8.48. The zero-order valence-electron chi connectivity index (χ0n) is 12.4. The van der Waals surface area contributed by atoms with E-state index in [0.717, 1.165) is 18.6 Å². The summed E-state index contributed by atoms with van der Waals surface area (Å²) in [6.07, 6.45) is 15.4. The first-order chi connectivity index (χ1) is 9.27. The maximum Gasteiger partial charge on any atom is 0.0663 e. The van der Waals surface area contributed by atoms with Gasteiger partial charge in [-0.2, -0.15) is 5.26 Å². The second-order valence-corrected chi connectivity index (χ2v) is 5.26. The van der Waals surface area contributed by atoms with E-state index in [0.29, 0.717) is 12.3 Å². The third kappa shape index (κ3) is 6.38. The van der Waals surface area contributed by atoms with Crippen molar-refractivity contribution in [3.05, 3.63) is 23.9 Å². The summed E-state index contributed by atoms with van der Waals surface area (Å²) in [4.78, 5) is 4.83. The van der Waals surface area contributed by atoms with E-state index in [-0.39, 0.29) is 0 Å². The molecule has 19 heavy (non-hydrogen) atoms. The molecule has 0 amide bonds. The Kier molecular flexibility index (Phi) is 7.89. The van der Waals surface area contributed by atoms with Crippen molar-refractivity contribution in [2.24, 2.45) is 10.9 Å². The average molecular weight is 258 g/mol. The van der Waals surface area contributed by atoms with Crippen LogP contribution in [0.1, 0.15) is 65.2 Å². The first kappa shape index (κ1) is 15.7. The molecule has 0 aromatic heterocycles. The monoisotopic (exact) mass is 258 g/mol. The van der Waals surface area contributed by atoms with Gasteiger partial charge in [0.1, 0.15) is 0 Å². The lowest BCUT2D eigenvalue weighted by atomic mass is 9.86. The zero-order valence-corrected chi connectivity index (χ0v) is 12.4. The molecule has 0 heterocycles. The smallest absolute Gasteiger partial charge is 0.0663 e. The van der Waals surface area contributed by atoms with Gasteiger partial charge in [0, 0.05) is 23.7 Å². The van der Waals surface area contributed by atoms with E-state index >= 15 is 0 Å². The summed E-state index contributed by atoms with van der Waals surface area (Å²) in [6, 6.07) is 2.12. The van der Waals surface area contributed by atoms with Gasteiger partial charge < -0.3 is 0 Å². The molecule has 0 radical (unpaired) electrons. The summed E-state index contributed by atoms with van der Waals surface area (Å²) in [5.41, 5.74) is 2.45. The van der Waals surface area contributed by atoms with Crippen LogP contribution in [-0.2, 0) is 0 Å². The molecule has 0 unspecified atom stereocenters. The Morgan fingerprint density at radius 1 is 1.26 bits per heavy atom. The van der Waals surface area contributed by atoms with Crippen LogP contribution in [0.25, 0.3) is 0 Å². The van der Waals surface area contributed by atoms with Gasteiger partial charge in [0.2, 0.25) is 0 Å². The largest absolute Gasteiger partial charge is 0.262 e. The Morgan fingerprint density at radius 2 is 2.00 bits per heavy atom. The van der Waals surface area contributed by atoms with E-state index in [2.05, 4.69) is 26.0 Å². The molecular formula is C17H26N2. The third-order valence-corrected chi connectivity index (χ3v) is 3.55. The number of hydrogen-bond donors (Lipinski definition) is 0. The van der Waals surface area contributed by atoms with Gasteiger partial charge in [-0.05, 0) is 26.2 Å². The number of allylic oxidation sites excluding steroid dienone is 4. The molecule has 0 N–H and O–H groups in total. The van der Waals surface area contributed by atoms with Crippen molar-refractivity contribution in [3.8, 4) is 6.07 Å². The summed E-state index contributed by atoms with van der Waals surface area (Å²) in [5, 5.41) is 8.48. The van der Waals surface area contributed by atoms with Crippen molar-refractivity contribution >= 4 is 5.71 Å². The summed E-state index contributed by atoms with van der Waals surface area (Å²) >= 11 is 0. The van der Waals surface area contributed by atoms with Gasteiger partial charge >= 0.3 is 0 Å². The molecular weight excluding hydrogens is 232 g/mol. The van der Waals surface area contributed by atoms with Crippen LogP contribution in [0, 0.1) is 17.2 Å². The fraction of sp³-hybridized carbons (Fsp3) is 0.647. The van der Waals surface area contributed by atoms with Crippen molar-refractivity contribution in [2.45, 2.75) is 65.2 Å². The predicted molar refractivity (Wildman–Crippen MR) is 82.0 cm³/mol. The highest BCUT2D eigenvalue weighted by atomic mass is 14.8. The molecule has 0 saturated heterocycles. The third-order valence-electron chi connectivity index (χ3n) is 3.55. The van der Waals surface area contributed by atoms with Crippen LogP contribution in [0.4, 0.5) is 0 Å². The van der Waals surface area contributed by atoms with E-state index in [9.17, 15) is 0 Å². The van der Waals surface area contributed by atoms with Crippen LogP contribution in [0.3, 0.4) is 0 Å². The molecule has 1 aliphatic carbocycles. The molecule has 1 saturated carbocycles. The zero-order chi connectivity index (χ0) is 13.9. The summed E-state index contributed by atoms with van der Waals surface area (Å²) in [6.45, 7) is 4.27. The van der Waals surface area contributed by atoms with Gasteiger partial charge in [0.25, 0.3) is 0 Å². The Hall–Kier alpha value is -1.36. The maximum absolute atomic E-state index is 8.48. The minimum atomic E-state index is 0.494. The molecule has 0 atom stereocenters. The average Bonchev–Trinajstić information content (AvgIpc) is 2.44. The SMILES string of the molecule is CC/C=C(\N=C(C)CC=CCC#N)C1CCCCC1. The number of nitriles is 1. The van der Waals surface area contributed by atoms with Gasteiger partial charge in [0.15, 0.2) is 0 Å². The van der Waals surface area contributed by atoms with E-state index < -0.39 is 0 Å². The van der Waals surface area contributed by atoms with Crippen molar-refractivity contribution in [2.75, 3.05) is 0 Å². The van der Waals surface area contributed by atoms with Gasteiger partial charge in [-0.1, -0.05) is 44.4 Å². The highest BCUT2D eigenvalue weighted by Gasteiger charge is 2.17. The van der Waals surface area contributed by atoms with Gasteiger partial charge in [-0.25, -0.2) is 0 Å². The Labute approximate surface area is 117 Å². The van der Waals surface area contributed by atoms with E-state index in [1.807, 2.05) is 12.2 Å². The molecule has 0 aromatic rings. The van der Waals surface area contributed by atoms with Crippen molar-refractivity contribution < 1.29 is 0 Å². The minimum Gasteiger partial charge on any atom is -0.262 e. The van der Waals surface area contributed by atoms with Gasteiger partial charge in [-0.3, -0.25) is 4.99 Å². The fourth-order valence-electron chi connectivity index (χ4n) is 2.57. The van der Waals surface area contributed by atoms with Crippen LogP contribution in [0.5, 0.6) is 0 Å². The van der Waals surface area contributed by atoms with E-state index in [1.54, 1.807) is 0 Å². The summed E-state index contributed by atoms with van der Waals surface area (Å²) < 4.78 is 0. The topological polar surface area (TPSA) is 36.1 Å². The number of rotatable bonds is 6. The lowest BCUT2D eigenvalue weighted by molar-refractivity contribution is 0.400. The van der Waals surface area contributed by atoms with Crippen LogP contribution in [0.2, 0.25) is 0 Å². The molecule has 1 rings (SSSR count). The highest BCUT2D eigenvalue weighted by molar-refractivity contribution is 5.84. The molecule has 0 bridgehead atoms. The number of hydrogen-bond acceptors (Lipinski definition) is 2. The lowest BCUT2D eigenvalue weighted by Gasteiger charge is -2.22. The van der Waals surface area contributed by atoms with E-state index in [4.69, 9.17) is 10.3 Å². The predicted octanol–water partition coefficient (Wildman–Crippen LogP) is 5.18. The van der Waals surface area contributed by atoms with Crippen molar-refractivity contribution in [1.29, 1.82) is 5.26 Å². The van der Waals surface area contributed by atoms with Crippen LogP contribution >= 0.6 is 0 Å².